The van der Waals surface area contributed by atoms with Gasteiger partial charge in [-0.25, -0.2) is 14.4 Å². The number of aliphatic hydroxyl groups is 1. The summed E-state index contributed by atoms with van der Waals surface area (Å²) < 4.78 is 16.8. The zero-order chi connectivity index (χ0) is 35.2. The summed E-state index contributed by atoms with van der Waals surface area (Å²) in [6, 6.07) is 10.5. The Balaban J connectivity index is 1.09. The number of hydrogen-bond acceptors (Lipinski definition) is 8. The fraction of sp³-hybridized carbons (Fsp3) is 0.513. The number of carbonyl (C=O) groups excluding carboxylic acids is 2. The number of benzene rings is 1. The number of hydrogen-bond donors (Lipinski definition) is 2. The minimum atomic E-state index is -1.07. The lowest BCUT2D eigenvalue weighted by molar-refractivity contribution is -0.142. The van der Waals surface area contributed by atoms with Crippen LogP contribution in [0.3, 0.4) is 0 Å². The predicted molar refractivity (Wildman–Crippen MR) is 192 cm³/mol. The topological polar surface area (TPSA) is 120 Å². The maximum absolute atomic E-state index is 14.8. The molecule has 5 aliphatic rings. The normalized spacial score (nSPS) is 26.0. The lowest BCUT2D eigenvalue weighted by Crippen LogP contribution is -2.58. The van der Waals surface area contributed by atoms with Crippen LogP contribution in [-0.2, 0) is 15.0 Å². The third-order valence-corrected chi connectivity index (χ3v) is 12.6. The van der Waals surface area contributed by atoms with Crippen molar-refractivity contribution in [3.63, 3.8) is 0 Å². The van der Waals surface area contributed by atoms with Crippen molar-refractivity contribution < 1.29 is 19.1 Å². The minimum Gasteiger partial charge on any atom is -0.384 e. The maximum Gasteiger partial charge on any atom is 0.251 e. The third kappa shape index (κ3) is 5.16. The zero-order valence-corrected chi connectivity index (χ0v) is 29.4. The van der Waals surface area contributed by atoms with Crippen molar-refractivity contribution in [2.45, 2.75) is 88.9 Å². The van der Waals surface area contributed by atoms with Gasteiger partial charge in [-0.05, 0) is 94.9 Å². The molecule has 9 rings (SSSR count). The molecule has 4 fully saturated rings. The summed E-state index contributed by atoms with van der Waals surface area (Å²) in [4.78, 5) is 47.6. The molecule has 3 aliphatic heterocycles. The number of likely N-dealkylation sites (tertiary alicyclic amines) is 2. The lowest BCUT2D eigenvalue weighted by Gasteiger charge is -2.46. The van der Waals surface area contributed by atoms with Gasteiger partial charge in [0.05, 0.1) is 34.8 Å². The SMILES string of the molecule is CC(C)n1cnc2cc(-c3ccc4c(c3)N(C3CC(N5C[C@H]6CC[C@H]6C5)C3)C(=O)C43CCN(C(=O)[C@H](C)O)CC3)nc(Nc3ccncc3F)c21. The first-order valence-corrected chi connectivity index (χ1v) is 18.5. The maximum atomic E-state index is 14.8. The van der Waals surface area contributed by atoms with Crippen molar-refractivity contribution in [3.8, 4) is 11.3 Å². The largest absolute Gasteiger partial charge is 0.384 e. The van der Waals surface area contributed by atoms with Crippen molar-refractivity contribution in [3.05, 3.63) is 60.4 Å². The van der Waals surface area contributed by atoms with E-state index in [0.29, 0.717) is 43.5 Å². The molecule has 0 unspecified atom stereocenters. The highest BCUT2D eigenvalue weighted by Crippen LogP contribution is 2.53. The Labute approximate surface area is 296 Å². The van der Waals surface area contributed by atoms with Gasteiger partial charge in [0.2, 0.25) is 5.91 Å². The van der Waals surface area contributed by atoms with Gasteiger partial charge in [0.15, 0.2) is 11.6 Å². The molecule has 0 bridgehead atoms. The summed E-state index contributed by atoms with van der Waals surface area (Å²) >= 11 is 0. The fourth-order valence-electron chi connectivity index (χ4n) is 9.42. The van der Waals surface area contributed by atoms with Gasteiger partial charge in [0.1, 0.15) is 11.6 Å². The van der Waals surface area contributed by atoms with Crippen LogP contribution in [0.5, 0.6) is 0 Å². The molecule has 3 aromatic heterocycles. The molecule has 2 saturated heterocycles. The Morgan fingerprint density at radius 1 is 1.04 bits per heavy atom. The van der Waals surface area contributed by atoms with Gasteiger partial charge < -0.3 is 24.8 Å². The van der Waals surface area contributed by atoms with E-state index in [1.165, 1.54) is 45.2 Å². The van der Waals surface area contributed by atoms with Crippen LogP contribution < -0.4 is 10.2 Å². The highest BCUT2D eigenvalue weighted by atomic mass is 19.1. The van der Waals surface area contributed by atoms with Crippen LogP contribution in [0.4, 0.5) is 21.6 Å². The van der Waals surface area contributed by atoms with E-state index in [1.54, 1.807) is 17.3 Å². The molecule has 4 aromatic rings. The van der Waals surface area contributed by atoms with Crippen LogP contribution in [0.2, 0.25) is 0 Å². The number of anilines is 3. The summed E-state index contributed by atoms with van der Waals surface area (Å²) in [6.45, 7) is 8.85. The van der Waals surface area contributed by atoms with Crippen LogP contribution >= 0.6 is 0 Å². The molecule has 266 valence electrons. The molecule has 1 spiro atoms. The Kier molecular flexibility index (Phi) is 7.70. The summed E-state index contributed by atoms with van der Waals surface area (Å²) in [5.74, 6) is 1.54. The van der Waals surface area contributed by atoms with Crippen molar-refractivity contribution in [2.75, 3.05) is 36.4 Å². The average molecular weight is 693 g/mol. The quantitative estimate of drug-likeness (QED) is 0.264. The van der Waals surface area contributed by atoms with Crippen molar-refractivity contribution >= 4 is 40.0 Å². The lowest BCUT2D eigenvalue weighted by atomic mass is 9.73. The number of aliphatic hydroxyl groups excluding tert-OH is 1. The van der Waals surface area contributed by atoms with E-state index < -0.39 is 17.3 Å². The Morgan fingerprint density at radius 3 is 2.45 bits per heavy atom. The van der Waals surface area contributed by atoms with Gasteiger partial charge in [-0.15, -0.1) is 0 Å². The van der Waals surface area contributed by atoms with E-state index in [-0.39, 0.29) is 29.6 Å². The van der Waals surface area contributed by atoms with Crippen LogP contribution in [0.15, 0.2) is 49.1 Å². The molecule has 2 aliphatic carbocycles. The molecule has 51 heavy (non-hydrogen) atoms. The van der Waals surface area contributed by atoms with Crippen LogP contribution in [0.25, 0.3) is 22.3 Å². The van der Waals surface area contributed by atoms with E-state index >= 15 is 0 Å². The monoisotopic (exact) mass is 692 g/mol. The molecular formula is C39H45FN8O3. The van der Waals surface area contributed by atoms with E-state index in [4.69, 9.17) is 9.97 Å². The Hall–Kier alpha value is -4.42. The molecular weight excluding hydrogens is 647 g/mol. The number of halogens is 1. The minimum absolute atomic E-state index is 0.102. The number of aromatic nitrogens is 4. The molecule has 2 amide bonds. The van der Waals surface area contributed by atoms with E-state index in [2.05, 4.69) is 46.1 Å². The number of nitrogens with one attached hydrogen (secondary N) is 1. The fourth-order valence-corrected chi connectivity index (χ4v) is 9.42. The smallest absolute Gasteiger partial charge is 0.251 e. The Morgan fingerprint density at radius 2 is 1.78 bits per heavy atom. The van der Waals surface area contributed by atoms with E-state index in [0.717, 1.165) is 52.5 Å². The molecule has 11 nitrogen and oxygen atoms in total. The molecule has 2 N–H and O–H groups in total. The number of rotatable bonds is 7. The van der Waals surface area contributed by atoms with Gasteiger partial charge in [-0.2, -0.15) is 0 Å². The van der Waals surface area contributed by atoms with Crippen LogP contribution in [-0.4, -0.2) is 90.6 Å². The highest BCUT2D eigenvalue weighted by molar-refractivity contribution is 6.09. The molecule has 0 radical (unpaired) electrons. The second-order valence-electron chi connectivity index (χ2n) is 15.8. The second kappa shape index (κ2) is 12.1. The first kappa shape index (κ1) is 32.5. The summed E-state index contributed by atoms with van der Waals surface area (Å²) in [6.07, 6.45) is 9.08. The van der Waals surface area contributed by atoms with Crippen molar-refractivity contribution in [2.24, 2.45) is 11.8 Å². The zero-order valence-electron chi connectivity index (χ0n) is 29.4. The van der Waals surface area contributed by atoms with E-state index in [9.17, 15) is 19.1 Å². The average Bonchev–Trinajstić information content (AvgIpc) is 3.73. The van der Waals surface area contributed by atoms with Gasteiger partial charge in [0, 0.05) is 61.8 Å². The number of pyridine rings is 2. The van der Waals surface area contributed by atoms with Gasteiger partial charge >= 0.3 is 0 Å². The van der Waals surface area contributed by atoms with Gasteiger partial charge in [-0.1, -0.05) is 12.1 Å². The number of carbonyl (C=O) groups is 2. The molecule has 2 saturated carbocycles. The van der Waals surface area contributed by atoms with E-state index in [1.807, 2.05) is 16.7 Å². The third-order valence-electron chi connectivity index (χ3n) is 12.6. The molecule has 12 heteroatoms. The first-order valence-electron chi connectivity index (χ1n) is 18.5. The van der Waals surface area contributed by atoms with Crippen LogP contribution in [0, 0.1) is 17.7 Å². The second-order valence-corrected chi connectivity index (χ2v) is 15.8. The molecule has 6 heterocycles. The van der Waals surface area contributed by atoms with Gasteiger partial charge in [-0.3, -0.25) is 19.5 Å². The number of fused-ring (bicyclic) bond motifs is 4. The number of nitrogens with zero attached hydrogens (tertiary/aromatic N) is 7. The summed E-state index contributed by atoms with van der Waals surface area (Å²) in [5, 5.41) is 13.2. The molecule has 1 aromatic carbocycles. The molecule has 3 atom stereocenters. The van der Waals surface area contributed by atoms with Crippen molar-refractivity contribution in [1.29, 1.82) is 0 Å². The van der Waals surface area contributed by atoms with Crippen molar-refractivity contribution in [1.82, 2.24) is 29.3 Å². The summed E-state index contributed by atoms with van der Waals surface area (Å²) in [5.41, 5.74) is 4.49. The van der Waals surface area contributed by atoms with Crippen LogP contribution in [0.1, 0.15) is 70.9 Å². The highest BCUT2D eigenvalue weighted by Gasteiger charge is 2.56. The number of imidazole rings is 1. The van der Waals surface area contributed by atoms with Gasteiger partial charge in [0.25, 0.3) is 5.91 Å². The number of amides is 2. The first-order chi connectivity index (χ1) is 24.6. The Bertz CT molecular complexity index is 2020. The standard InChI is InChI=1S/C39H45FN8O3/c1-22(2)47-21-42-33-17-32(44-36(35(33)47)43-31-8-11-41-18-30(31)40)24-6-7-29-34(14-24)48(28-15-27(16-28)46-19-25-4-5-26(25)20-46)38(51)39(29)9-12-45(13-10-39)37(50)23(3)49/h6-8,11,14,17-18,21-23,25-28,49H,4-5,9-10,12-13,15-16,19-20H2,1-3H3,(H,41,43,44)/t23-,25-,26+,27?,28?/m0/s1. The predicted octanol–water partition coefficient (Wildman–Crippen LogP) is 5.42. The summed E-state index contributed by atoms with van der Waals surface area (Å²) in [7, 11) is 0. The number of piperidine rings is 1.